The molecule has 1 aromatic rings. The van der Waals surface area contributed by atoms with Crippen molar-refractivity contribution in [3.05, 3.63) is 35.4 Å². The Morgan fingerprint density at radius 2 is 1.81 bits per heavy atom. The number of likely N-dealkylation sites (tertiary alicyclic amines) is 1. The lowest BCUT2D eigenvalue weighted by Gasteiger charge is -2.36. The fourth-order valence-corrected chi connectivity index (χ4v) is 4.22. The monoisotopic (exact) mass is 359 g/mol. The predicted octanol–water partition coefficient (Wildman–Crippen LogP) is 2.09. The van der Waals surface area contributed by atoms with Gasteiger partial charge < -0.3 is 14.9 Å². The first-order chi connectivity index (χ1) is 12.7. The minimum absolute atomic E-state index is 0.0875. The molecule has 3 rings (SSSR count). The lowest BCUT2D eigenvalue weighted by atomic mass is 9.98. The zero-order valence-corrected chi connectivity index (χ0v) is 16.1. The highest BCUT2D eigenvalue weighted by atomic mass is 16.3. The molecule has 2 aliphatic rings. The van der Waals surface area contributed by atoms with Gasteiger partial charge >= 0.3 is 0 Å². The lowest BCUT2D eigenvalue weighted by Crippen LogP contribution is -2.48. The highest BCUT2D eigenvalue weighted by molar-refractivity contribution is 5.76. The molecule has 1 aromatic carbocycles. The van der Waals surface area contributed by atoms with Crippen molar-refractivity contribution in [2.75, 3.05) is 39.8 Å². The van der Waals surface area contributed by atoms with Gasteiger partial charge in [-0.2, -0.15) is 0 Å². The first-order valence-corrected chi connectivity index (χ1v) is 10.1. The van der Waals surface area contributed by atoms with Gasteiger partial charge in [0.1, 0.15) is 0 Å². The van der Waals surface area contributed by atoms with Crippen LogP contribution in [-0.2, 0) is 17.9 Å². The van der Waals surface area contributed by atoms with Gasteiger partial charge in [0.05, 0.1) is 6.61 Å². The van der Waals surface area contributed by atoms with Gasteiger partial charge in [-0.25, -0.2) is 0 Å². The fourth-order valence-electron chi connectivity index (χ4n) is 4.22. The smallest absolute Gasteiger partial charge is 0.222 e. The molecule has 5 nitrogen and oxygen atoms in total. The molecule has 5 heteroatoms. The van der Waals surface area contributed by atoms with Crippen molar-refractivity contribution in [1.82, 2.24) is 14.7 Å². The van der Waals surface area contributed by atoms with Crippen molar-refractivity contribution in [2.24, 2.45) is 0 Å². The van der Waals surface area contributed by atoms with Crippen LogP contribution in [-0.4, -0.2) is 71.5 Å². The molecule has 0 aliphatic carbocycles. The van der Waals surface area contributed by atoms with Crippen LogP contribution in [0.1, 0.15) is 43.2 Å². The third-order valence-electron chi connectivity index (χ3n) is 6.02. The van der Waals surface area contributed by atoms with E-state index in [1.807, 2.05) is 23.1 Å². The Balaban J connectivity index is 1.42. The Morgan fingerprint density at radius 3 is 2.50 bits per heavy atom. The molecule has 0 unspecified atom stereocenters. The number of piperidine rings is 1. The average Bonchev–Trinajstić information content (AvgIpc) is 2.68. The van der Waals surface area contributed by atoms with Gasteiger partial charge in [0, 0.05) is 45.2 Å². The normalized spacial score (nSPS) is 22.5. The Morgan fingerprint density at radius 1 is 1.08 bits per heavy atom. The second-order valence-corrected chi connectivity index (χ2v) is 7.75. The molecule has 2 aliphatic heterocycles. The summed E-state index contributed by atoms with van der Waals surface area (Å²) >= 11 is 0. The van der Waals surface area contributed by atoms with E-state index >= 15 is 0 Å². The summed E-state index contributed by atoms with van der Waals surface area (Å²) < 4.78 is 0. The third-order valence-corrected chi connectivity index (χ3v) is 6.02. The summed E-state index contributed by atoms with van der Waals surface area (Å²) in [7, 11) is 2.19. The van der Waals surface area contributed by atoms with Gasteiger partial charge in [0.15, 0.2) is 0 Å². The number of benzene rings is 1. The maximum atomic E-state index is 12.6. The minimum Gasteiger partial charge on any atom is -0.392 e. The van der Waals surface area contributed by atoms with Crippen molar-refractivity contribution >= 4 is 5.91 Å². The van der Waals surface area contributed by atoms with E-state index in [-0.39, 0.29) is 6.61 Å². The molecule has 0 spiro atoms. The van der Waals surface area contributed by atoms with Crippen LogP contribution in [0.5, 0.6) is 0 Å². The van der Waals surface area contributed by atoms with Crippen molar-refractivity contribution < 1.29 is 9.90 Å². The largest absolute Gasteiger partial charge is 0.392 e. The van der Waals surface area contributed by atoms with Crippen molar-refractivity contribution in [1.29, 1.82) is 0 Å². The molecule has 0 radical (unpaired) electrons. The van der Waals surface area contributed by atoms with E-state index in [1.165, 1.54) is 31.4 Å². The molecule has 0 saturated carbocycles. The van der Waals surface area contributed by atoms with E-state index in [1.54, 1.807) is 0 Å². The summed E-state index contributed by atoms with van der Waals surface area (Å²) in [5, 5.41) is 9.47. The van der Waals surface area contributed by atoms with Crippen LogP contribution in [0.25, 0.3) is 0 Å². The molecule has 1 amide bonds. The van der Waals surface area contributed by atoms with Gasteiger partial charge in [-0.3, -0.25) is 9.69 Å². The number of hydrogen-bond acceptors (Lipinski definition) is 4. The number of rotatable bonds is 6. The fraction of sp³-hybridized carbons (Fsp3) is 0.667. The second kappa shape index (κ2) is 9.49. The molecular weight excluding hydrogens is 326 g/mol. The molecule has 0 bridgehead atoms. The molecule has 144 valence electrons. The average molecular weight is 360 g/mol. The Bertz CT molecular complexity index is 584. The molecule has 0 aromatic heterocycles. The summed E-state index contributed by atoms with van der Waals surface area (Å²) in [4.78, 5) is 19.4. The van der Waals surface area contributed by atoms with E-state index in [0.717, 1.165) is 44.7 Å². The van der Waals surface area contributed by atoms with Crippen molar-refractivity contribution in [3.63, 3.8) is 0 Å². The number of carbonyl (C=O) groups excluding carboxylic acids is 1. The van der Waals surface area contributed by atoms with Crippen LogP contribution in [0.3, 0.4) is 0 Å². The van der Waals surface area contributed by atoms with Gasteiger partial charge in [-0.05, 0) is 44.0 Å². The van der Waals surface area contributed by atoms with Crippen molar-refractivity contribution in [2.45, 2.75) is 51.3 Å². The van der Waals surface area contributed by atoms with E-state index in [2.05, 4.69) is 22.9 Å². The predicted molar refractivity (Wildman–Crippen MR) is 104 cm³/mol. The summed E-state index contributed by atoms with van der Waals surface area (Å²) in [6, 6.07) is 8.65. The number of aliphatic hydroxyl groups is 1. The molecule has 1 atom stereocenters. The van der Waals surface area contributed by atoms with Crippen LogP contribution in [0.15, 0.2) is 24.3 Å². The van der Waals surface area contributed by atoms with E-state index in [0.29, 0.717) is 18.4 Å². The Hall–Kier alpha value is -1.43. The third kappa shape index (κ3) is 5.06. The van der Waals surface area contributed by atoms with Gasteiger partial charge in [0.25, 0.3) is 0 Å². The highest BCUT2D eigenvalue weighted by Gasteiger charge is 2.24. The molecule has 2 heterocycles. The summed E-state index contributed by atoms with van der Waals surface area (Å²) in [5.41, 5.74) is 2.19. The minimum atomic E-state index is 0.0875. The van der Waals surface area contributed by atoms with Gasteiger partial charge in [-0.15, -0.1) is 0 Å². The number of piperazine rings is 1. The summed E-state index contributed by atoms with van der Waals surface area (Å²) in [5.74, 6) is 0.319. The maximum absolute atomic E-state index is 12.6. The van der Waals surface area contributed by atoms with E-state index < -0.39 is 0 Å². The maximum Gasteiger partial charge on any atom is 0.222 e. The van der Waals surface area contributed by atoms with E-state index in [9.17, 15) is 9.90 Å². The Kier molecular flexibility index (Phi) is 7.06. The standard InChI is InChI=1S/C21H33N3O2/c1-22-11-5-4-8-20(22)9-10-21(26)24-14-12-23(13-15-24)16-18-6-2-3-7-19(18)17-25/h2-3,6-7,20,25H,4-5,8-17H2,1H3/t20-/m1/s1. The molecule has 2 fully saturated rings. The molecular formula is C21H33N3O2. The van der Waals surface area contributed by atoms with E-state index in [4.69, 9.17) is 0 Å². The molecule has 2 saturated heterocycles. The lowest BCUT2D eigenvalue weighted by molar-refractivity contribution is -0.133. The molecule has 1 N–H and O–H groups in total. The summed E-state index contributed by atoms with van der Waals surface area (Å²) in [6.45, 7) is 5.58. The Labute approximate surface area is 157 Å². The quantitative estimate of drug-likeness (QED) is 0.845. The van der Waals surface area contributed by atoms with Crippen LogP contribution in [0, 0.1) is 0 Å². The van der Waals surface area contributed by atoms with Gasteiger partial charge in [0.2, 0.25) is 5.91 Å². The van der Waals surface area contributed by atoms with Crippen molar-refractivity contribution in [3.8, 4) is 0 Å². The number of carbonyl (C=O) groups is 1. The zero-order chi connectivity index (χ0) is 18.4. The zero-order valence-electron chi connectivity index (χ0n) is 16.1. The van der Waals surface area contributed by atoms with Gasteiger partial charge in [-0.1, -0.05) is 30.7 Å². The number of amides is 1. The highest BCUT2D eigenvalue weighted by Crippen LogP contribution is 2.20. The van der Waals surface area contributed by atoms with Crippen LogP contribution >= 0.6 is 0 Å². The second-order valence-electron chi connectivity index (χ2n) is 7.75. The number of aliphatic hydroxyl groups excluding tert-OH is 1. The molecule has 26 heavy (non-hydrogen) atoms. The van der Waals surface area contributed by atoms with Crippen LogP contribution in [0.2, 0.25) is 0 Å². The van der Waals surface area contributed by atoms with Crippen LogP contribution in [0.4, 0.5) is 0 Å². The SMILES string of the molecule is CN1CCCC[C@@H]1CCC(=O)N1CCN(Cc2ccccc2CO)CC1. The van der Waals surface area contributed by atoms with Crippen LogP contribution < -0.4 is 0 Å². The topological polar surface area (TPSA) is 47.0 Å². The summed E-state index contributed by atoms with van der Waals surface area (Å²) in [6.07, 6.45) is 5.52. The first kappa shape index (κ1) is 19.3. The number of hydrogen-bond donors (Lipinski definition) is 1. The first-order valence-electron chi connectivity index (χ1n) is 10.1. The number of nitrogens with zero attached hydrogens (tertiary/aromatic N) is 3.